The zero-order valence-corrected chi connectivity index (χ0v) is 8.64. The van der Waals surface area contributed by atoms with Crippen molar-refractivity contribution in [3.05, 3.63) is 17.5 Å². The molecule has 0 spiro atoms. The number of nitrogens with zero attached hydrogens (tertiary/aromatic N) is 2. The van der Waals surface area contributed by atoms with Crippen LogP contribution in [0.25, 0.3) is 0 Å². The van der Waals surface area contributed by atoms with E-state index in [-0.39, 0.29) is 12.0 Å². The van der Waals surface area contributed by atoms with E-state index in [1.165, 1.54) is 6.20 Å². The van der Waals surface area contributed by atoms with Crippen LogP contribution in [-0.2, 0) is 0 Å². The lowest BCUT2D eigenvalue weighted by Crippen LogP contribution is -2.40. The highest BCUT2D eigenvalue weighted by Gasteiger charge is 2.24. The van der Waals surface area contributed by atoms with Crippen molar-refractivity contribution in [2.45, 2.75) is 25.9 Å². The van der Waals surface area contributed by atoms with Crippen molar-refractivity contribution >= 4 is 5.91 Å². The number of aliphatic hydroxyl groups is 1. The Hall–Kier alpha value is -1.36. The number of rotatable bonds is 1. The van der Waals surface area contributed by atoms with Gasteiger partial charge in [0.15, 0.2) is 0 Å². The standard InChI is InChI=1S/C10H14N2O3/c1-7-9(6-11-15-7)10(14)12-4-2-8(13)3-5-12/h6,8,13H,2-5H2,1H3. The van der Waals surface area contributed by atoms with Crippen LogP contribution in [0.5, 0.6) is 0 Å². The minimum absolute atomic E-state index is 0.0550. The molecule has 0 saturated carbocycles. The lowest BCUT2D eigenvalue weighted by molar-refractivity contribution is 0.0545. The number of likely N-dealkylation sites (tertiary alicyclic amines) is 1. The van der Waals surface area contributed by atoms with Crippen molar-refractivity contribution < 1.29 is 14.4 Å². The molecular formula is C10H14N2O3. The van der Waals surface area contributed by atoms with Gasteiger partial charge in [0.1, 0.15) is 11.3 Å². The van der Waals surface area contributed by atoms with Crippen molar-refractivity contribution in [2.75, 3.05) is 13.1 Å². The lowest BCUT2D eigenvalue weighted by Gasteiger charge is -2.29. The van der Waals surface area contributed by atoms with Crippen molar-refractivity contribution in [3.63, 3.8) is 0 Å². The fraction of sp³-hybridized carbons (Fsp3) is 0.600. The molecule has 82 valence electrons. The molecule has 1 aromatic heterocycles. The lowest BCUT2D eigenvalue weighted by atomic mass is 10.1. The molecule has 1 amide bonds. The Kier molecular flexibility index (Phi) is 2.73. The monoisotopic (exact) mass is 210 g/mol. The van der Waals surface area contributed by atoms with Gasteiger partial charge in [-0.2, -0.15) is 0 Å². The largest absolute Gasteiger partial charge is 0.393 e. The SMILES string of the molecule is Cc1oncc1C(=O)N1CCC(O)CC1. The van der Waals surface area contributed by atoms with Crippen LogP contribution in [0.15, 0.2) is 10.7 Å². The predicted octanol–water partition coefficient (Wildman–Crippen LogP) is 0.580. The van der Waals surface area contributed by atoms with Crippen LogP contribution < -0.4 is 0 Å². The van der Waals surface area contributed by atoms with Crippen molar-refractivity contribution in [3.8, 4) is 0 Å². The normalized spacial score (nSPS) is 18.1. The molecular weight excluding hydrogens is 196 g/mol. The Balaban J connectivity index is 2.06. The number of carbonyl (C=O) groups is 1. The van der Waals surface area contributed by atoms with Gasteiger partial charge in [-0.15, -0.1) is 0 Å². The highest BCUT2D eigenvalue weighted by molar-refractivity contribution is 5.94. The van der Waals surface area contributed by atoms with E-state index in [2.05, 4.69) is 5.16 Å². The summed E-state index contributed by atoms with van der Waals surface area (Å²) in [4.78, 5) is 13.7. The number of hydrogen-bond acceptors (Lipinski definition) is 4. The van der Waals surface area contributed by atoms with Gasteiger partial charge in [-0.25, -0.2) is 0 Å². The Morgan fingerprint density at radius 1 is 1.60 bits per heavy atom. The molecule has 1 saturated heterocycles. The molecule has 0 aliphatic carbocycles. The van der Waals surface area contributed by atoms with Gasteiger partial charge in [0.2, 0.25) is 0 Å². The summed E-state index contributed by atoms with van der Waals surface area (Å²) in [5.74, 6) is 0.492. The van der Waals surface area contributed by atoms with Crippen LogP contribution in [-0.4, -0.2) is 40.3 Å². The molecule has 0 unspecified atom stereocenters. The van der Waals surface area contributed by atoms with Gasteiger partial charge >= 0.3 is 0 Å². The second-order valence-electron chi connectivity index (χ2n) is 3.82. The Morgan fingerprint density at radius 2 is 2.27 bits per heavy atom. The van der Waals surface area contributed by atoms with Crippen LogP contribution in [0.3, 0.4) is 0 Å². The molecule has 0 radical (unpaired) electrons. The summed E-state index contributed by atoms with van der Waals surface area (Å²) in [6.45, 7) is 2.92. The minimum Gasteiger partial charge on any atom is -0.393 e. The second-order valence-corrected chi connectivity index (χ2v) is 3.82. The van der Waals surface area contributed by atoms with E-state index < -0.39 is 0 Å². The first-order valence-corrected chi connectivity index (χ1v) is 5.07. The maximum atomic E-state index is 11.9. The smallest absolute Gasteiger partial charge is 0.259 e. The van der Waals surface area contributed by atoms with E-state index in [4.69, 9.17) is 4.52 Å². The molecule has 5 heteroatoms. The first-order valence-electron chi connectivity index (χ1n) is 5.07. The molecule has 1 fully saturated rings. The van der Waals surface area contributed by atoms with Gasteiger partial charge in [0, 0.05) is 13.1 Å². The van der Waals surface area contributed by atoms with E-state index >= 15 is 0 Å². The van der Waals surface area contributed by atoms with E-state index in [0.717, 1.165) is 0 Å². The van der Waals surface area contributed by atoms with Crippen molar-refractivity contribution in [1.82, 2.24) is 10.1 Å². The summed E-state index contributed by atoms with van der Waals surface area (Å²) in [6, 6.07) is 0. The first kappa shape index (κ1) is 10.2. The van der Waals surface area contributed by atoms with E-state index in [0.29, 0.717) is 37.3 Å². The Morgan fingerprint density at radius 3 is 2.80 bits per heavy atom. The number of carbonyl (C=O) groups excluding carboxylic acids is 1. The van der Waals surface area contributed by atoms with Crippen molar-refractivity contribution in [1.29, 1.82) is 0 Å². The Bertz CT molecular complexity index is 353. The highest BCUT2D eigenvalue weighted by Crippen LogP contribution is 2.15. The number of aryl methyl sites for hydroxylation is 1. The quantitative estimate of drug-likeness (QED) is 0.736. The average Bonchev–Trinajstić information content (AvgIpc) is 2.65. The summed E-state index contributed by atoms with van der Waals surface area (Å²) >= 11 is 0. The molecule has 1 N–H and O–H groups in total. The third-order valence-electron chi connectivity index (χ3n) is 2.73. The summed E-state index contributed by atoms with van der Waals surface area (Å²) in [7, 11) is 0. The maximum Gasteiger partial charge on any atom is 0.259 e. The van der Waals surface area contributed by atoms with E-state index in [1.807, 2.05) is 0 Å². The van der Waals surface area contributed by atoms with Gasteiger partial charge in [0.25, 0.3) is 5.91 Å². The van der Waals surface area contributed by atoms with E-state index in [9.17, 15) is 9.90 Å². The summed E-state index contributed by atoms with van der Waals surface area (Å²) in [5, 5.41) is 12.9. The number of piperidine rings is 1. The first-order chi connectivity index (χ1) is 7.18. The number of aliphatic hydroxyl groups excluding tert-OH is 1. The van der Waals surface area contributed by atoms with Crippen LogP contribution in [0, 0.1) is 6.92 Å². The topological polar surface area (TPSA) is 66.6 Å². The number of aromatic nitrogens is 1. The number of amides is 1. The molecule has 1 aromatic rings. The van der Waals surface area contributed by atoms with Gasteiger partial charge in [-0.3, -0.25) is 4.79 Å². The third kappa shape index (κ3) is 2.02. The molecule has 2 heterocycles. The van der Waals surface area contributed by atoms with Gasteiger partial charge in [0.05, 0.1) is 12.3 Å². The fourth-order valence-electron chi connectivity index (χ4n) is 1.74. The molecule has 0 bridgehead atoms. The van der Waals surface area contributed by atoms with Crippen LogP contribution >= 0.6 is 0 Å². The predicted molar refractivity (Wildman–Crippen MR) is 52.4 cm³/mol. The summed E-state index contributed by atoms with van der Waals surface area (Å²) < 4.78 is 4.85. The molecule has 1 aliphatic rings. The Labute approximate surface area is 87.7 Å². The maximum absolute atomic E-state index is 11.9. The molecule has 2 rings (SSSR count). The van der Waals surface area contributed by atoms with Gasteiger partial charge in [-0.1, -0.05) is 5.16 Å². The fourth-order valence-corrected chi connectivity index (χ4v) is 1.74. The highest BCUT2D eigenvalue weighted by atomic mass is 16.5. The van der Waals surface area contributed by atoms with Crippen LogP contribution in [0.2, 0.25) is 0 Å². The van der Waals surface area contributed by atoms with Gasteiger partial charge in [-0.05, 0) is 19.8 Å². The molecule has 0 atom stereocenters. The van der Waals surface area contributed by atoms with E-state index in [1.54, 1.807) is 11.8 Å². The summed E-state index contributed by atoms with van der Waals surface area (Å²) in [6.07, 6.45) is 2.48. The van der Waals surface area contributed by atoms with Gasteiger partial charge < -0.3 is 14.5 Å². The summed E-state index contributed by atoms with van der Waals surface area (Å²) in [5.41, 5.74) is 0.520. The minimum atomic E-state index is -0.266. The molecule has 15 heavy (non-hydrogen) atoms. The zero-order valence-electron chi connectivity index (χ0n) is 8.64. The molecule has 1 aliphatic heterocycles. The zero-order chi connectivity index (χ0) is 10.8. The second kappa shape index (κ2) is 4.02. The molecule has 5 nitrogen and oxygen atoms in total. The number of hydrogen-bond donors (Lipinski definition) is 1. The van der Waals surface area contributed by atoms with Crippen LogP contribution in [0.4, 0.5) is 0 Å². The van der Waals surface area contributed by atoms with Crippen LogP contribution in [0.1, 0.15) is 29.0 Å². The van der Waals surface area contributed by atoms with Crippen molar-refractivity contribution in [2.24, 2.45) is 0 Å². The average molecular weight is 210 g/mol. The third-order valence-corrected chi connectivity index (χ3v) is 2.73. The molecule has 0 aromatic carbocycles.